The molecule has 3 heterocycles. The number of nitrogens with one attached hydrogen (secondary N) is 1. The molecule has 248 valence electrons. The molecule has 10 nitrogen and oxygen atoms in total. The first-order chi connectivity index (χ1) is 24.0. The van der Waals surface area contributed by atoms with E-state index in [2.05, 4.69) is 20.3 Å². The molecule has 6 aromatic rings. The number of hydrogen-bond donors (Lipinski definition) is 1. The van der Waals surface area contributed by atoms with Crippen LogP contribution in [0.4, 0.5) is 10.2 Å². The summed E-state index contributed by atoms with van der Waals surface area (Å²) in [5.74, 6) is 1.30. The number of anilines is 1. The van der Waals surface area contributed by atoms with Crippen molar-refractivity contribution < 1.29 is 28.1 Å². The van der Waals surface area contributed by atoms with Gasteiger partial charge in [-0.1, -0.05) is 72.8 Å². The van der Waals surface area contributed by atoms with Gasteiger partial charge in [0.25, 0.3) is 5.91 Å². The van der Waals surface area contributed by atoms with Gasteiger partial charge in [-0.05, 0) is 53.1 Å². The molecule has 1 N–H and O–H groups in total. The van der Waals surface area contributed by atoms with Crippen LogP contribution < -0.4 is 14.8 Å². The molecule has 1 aliphatic heterocycles. The van der Waals surface area contributed by atoms with Gasteiger partial charge in [0.15, 0.2) is 23.2 Å². The normalized spacial score (nSPS) is 17.6. The molecular formula is C38H34FN5O5. The molecule has 2 aromatic heterocycles. The first-order valence-corrected chi connectivity index (χ1v) is 15.8. The van der Waals surface area contributed by atoms with Gasteiger partial charge in [0.05, 0.1) is 33.3 Å². The minimum absolute atomic E-state index is 0.0733. The number of rotatable bonds is 11. The smallest absolute Gasteiger partial charge is 0.256 e. The van der Waals surface area contributed by atoms with E-state index in [1.54, 1.807) is 38.5 Å². The Morgan fingerprint density at radius 2 is 1.43 bits per heavy atom. The maximum absolute atomic E-state index is 15.8. The zero-order valence-corrected chi connectivity index (χ0v) is 26.9. The van der Waals surface area contributed by atoms with E-state index in [1.807, 2.05) is 84.9 Å². The standard InChI is InChI=1S/C38H34FN5O5/c1-46-29-17-13-27(14-18-29)38(26-11-7-4-8-12-26,28-15-19-30(47-2)20-16-28)48-22-31-21-32(39)37(49-31)44-24-42-33-34(40-23-41-35(33)44)43-36(45)25-9-5-3-6-10-25/h3-20,23-24,31-32,37H,21-22H2,1-2H3,(H,40,41,43,45)/t31-,32+,37-/m1/s1. The van der Waals surface area contributed by atoms with Gasteiger partial charge in [0, 0.05) is 12.0 Å². The van der Waals surface area contributed by atoms with Gasteiger partial charge >= 0.3 is 0 Å². The molecule has 11 heteroatoms. The fourth-order valence-corrected chi connectivity index (χ4v) is 6.24. The molecule has 4 aromatic carbocycles. The van der Waals surface area contributed by atoms with E-state index in [1.165, 1.54) is 17.2 Å². The Morgan fingerprint density at radius 3 is 2.04 bits per heavy atom. The van der Waals surface area contributed by atoms with Crippen LogP contribution in [0.15, 0.2) is 122 Å². The van der Waals surface area contributed by atoms with E-state index in [4.69, 9.17) is 18.9 Å². The predicted octanol–water partition coefficient (Wildman–Crippen LogP) is 6.73. The fourth-order valence-electron chi connectivity index (χ4n) is 6.24. The maximum atomic E-state index is 15.8. The molecule has 49 heavy (non-hydrogen) atoms. The molecule has 0 spiro atoms. The van der Waals surface area contributed by atoms with Crippen molar-refractivity contribution >= 4 is 22.9 Å². The average Bonchev–Trinajstić information content (AvgIpc) is 3.76. The summed E-state index contributed by atoms with van der Waals surface area (Å²) in [6.45, 7) is 0.0733. The van der Waals surface area contributed by atoms with Crippen molar-refractivity contribution in [1.29, 1.82) is 0 Å². The number of carbonyl (C=O) groups is 1. The molecule has 1 fully saturated rings. The second-order valence-electron chi connectivity index (χ2n) is 11.6. The highest BCUT2D eigenvalue weighted by atomic mass is 19.1. The third-order valence-electron chi connectivity index (χ3n) is 8.69. The highest BCUT2D eigenvalue weighted by Crippen LogP contribution is 2.43. The molecule has 3 atom stereocenters. The van der Waals surface area contributed by atoms with E-state index >= 15 is 4.39 Å². The van der Waals surface area contributed by atoms with Crippen molar-refractivity contribution in [3.05, 3.63) is 144 Å². The third-order valence-corrected chi connectivity index (χ3v) is 8.69. The first-order valence-electron chi connectivity index (χ1n) is 15.8. The highest BCUT2D eigenvalue weighted by molar-refractivity contribution is 6.06. The number of hydrogen-bond acceptors (Lipinski definition) is 8. The zero-order valence-electron chi connectivity index (χ0n) is 26.9. The van der Waals surface area contributed by atoms with E-state index in [0.29, 0.717) is 28.2 Å². The highest BCUT2D eigenvalue weighted by Gasteiger charge is 2.42. The van der Waals surface area contributed by atoms with Crippen LogP contribution >= 0.6 is 0 Å². The van der Waals surface area contributed by atoms with Crippen molar-refractivity contribution in [2.75, 3.05) is 26.1 Å². The number of halogens is 1. The quantitative estimate of drug-likeness (QED) is 0.153. The molecule has 7 rings (SSSR count). The summed E-state index contributed by atoms with van der Waals surface area (Å²) in [4.78, 5) is 25.8. The summed E-state index contributed by atoms with van der Waals surface area (Å²) >= 11 is 0. The number of carbonyl (C=O) groups excluding carboxylic acids is 1. The van der Waals surface area contributed by atoms with Gasteiger partial charge < -0.3 is 24.3 Å². The van der Waals surface area contributed by atoms with Gasteiger partial charge in [-0.2, -0.15) is 0 Å². The lowest BCUT2D eigenvalue weighted by molar-refractivity contribution is -0.0804. The van der Waals surface area contributed by atoms with Gasteiger partial charge in [0.1, 0.15) is 29.6 Å². The molecule has 1 amide bonds. The minimum Gasteiger partial charge on any atom is -0.497 e. The number of alkyl halides is 1. The molecule has 0 radical (unpaired) electrons. The van der Waals surface area contributed by atoms with E-state index in [0.717, 1.165) is 16.7 Å². The lowest BCUT2D eigenvalue weighted by Crippen LogP contribution is -2.35. The predicted molar refractivity (Wildman–Crippen MR) is 181 cm³/mol. The number of benzene rings is 4. The number of aromatic nitrogens is 4. The third kappa shape index (κ3) is 6.21. The van der Waals surface area contributed by atoms with Crippen molar-refractivity contribution in [2.24, 2.45) is 0 Å². The van der Waals surface area contributed by atoms with Crippen molar-refractivity contribution in [2.45, 2.75) is 30.5 Å². The van der Waals surface area contributed by atoms with Crippen LogP contribution in [0.1, 0.15) is 39.7 Å². The molecule has 1 saturated heterocycles. The van der Waals surface area contributed by atoms with E-state index in [9.17, 15) is 4.79 Å². The molecule has 0 aliphatic carbocycles. The topological polar surface area (TPSA) is 110 Å². The van der Waals surface area contributed by atoms with Crippen LogP contribution in [-0.2, 0) is 15.1 Å². The lowest BCUT2D eigenvalue weighted by Gasteiger charge is -2.37. The van der Waals surface area contributed by atoms with Crippen LogP contribution in [0.5, 0.6) is 11.5 Å². The molecule has 0 saturated carbocycles. The minimum atomic E-state index is -1.38. The van der Waals surface area contributed by atoms with Crippen molar-refractivity contribution in [3.8, 4) is 11.5 Å². The molecular weight excluding hydrogens is 625 g/mol. The van der Waals surface area contributed by atoms with Crippen LogP contribution in [0.2, 0.25) is 0 Å². The first kappa shape index (κ1) is 31.9. The summed E-state index contributed by atoms with van der Waals surface area (Å²) in [5, 5.41) is 2.79. The maximum Gasteiger partial charge on any atom is 0.256 e. The number of ether oxygens (including phenoxy) is 4. The molecule has 1 aliphatic rings. The van der Waals surface area contributed by atoms with Crippen LogP contribution in [0.3, 0.4) is 0 Å². The summed E-state index contributed by atoms with van der Waals surface area (Å²) in [6.07, 6.45) is -0.141. The van der Waals surface area contributed by atoms with E-state index in [-0.39, 0.29) is 24.8 Å². The Hall–Kier alpha value is -5.65. The van der Waals surface area contributed by atoms with Crippen molar-refractivity contribution in [3.63, 3.8) is 0 Å². The molecule has 0 unspecified atom stereocenters. The lowest BCUT2D eigenvalue weighted by atomic mass is 9.80. The van der Waals surface area contributed by atoms with Crippen LogP contribution in [0, 0.1) is 0 Å². The van der Waals surface area contributed by atoms with Gasteiger partial charge in [-0.15, -0.1) is 0 Å². The Bertz CT molecular complexity index is 1980. The Balaban J connectivity index is 1.18. The summed E-state index contributed by atoms with van der Waals surface area (Å²) in [6, 6.07) is 34.1. The largest absolute Gasteiger partial charge is 0.497 e. The number of methoxy groups -OCH3 is 2. The SMILES string of the molecule is COc1ccc(C(OC[C@H]2C[C@H](F)[C@H](n3cnc4c(NC(=O)c5ccccc5)ncnc43)O2)(c2ccccc2)c2ccc(OC)cc2)cc1. The second kappa shape index (κ2) is 13.8. The Morgan fingerprint density at radius 1 is 0.837 bits per heavy atom. The monoisotopic (exact) mass is 659 g/mol. The number of imidazole rings is 1. The zero-order chi connectivity index (χ0) is 33.8. The van der Waals surface area contributed by atoms with Crippen molar-refractivity contribution in [1.82, 2.24) is 19.5 Å². The average molecular weight is 660 g/mol. The fraction of sp³-hybridized carbons (Fsp3) is 0.211. The number of nitrogens with zero attached hydrogens (tertiary/aromatic N) is 4. The van der Waals surface area contributed by atoms with E-state index < -0.39 is 24.1 Å². The summed E-state index contributed by atoms with van der Waals surface area (Å²) in [7, 11) is 3.25. The Kier molecular flexibility index (Phi) is 9.01. The van der Waals surface area contributed by atoms with Crippen LogP contribution in [0.25, 0.3) is 11.2 Å². The molecule has 0 bridgehead atoms. The second-order valence-corrected chi connectivity index (χ2v) is 11.6. The number of amides is 1. The summed E-state index contributed by atoms with van der Waals surface area (Å²) < 4.78 is 41.6. The Labute approximate surface area is 282 Å². The van der Waals surface area contributed by atoms with Gasteiger partial charge in [-0.3, -0.25) is 9.36 Å². The van der Waals surface area contributed by atoms with Crippen LogP contribution in [-0.4, -0.2) is 58.5 Å². The summed E-state index contributed by atoms with van der Waals surface area (Å²) in [5.41, 5.74) is 2.66. The number of fused-ring (bicyclic) bond motifs is 1. The van der Waals surface area contributed by atoms with Gasteiger partial charge in [-0.25, -0.2) is 19.3 Å². The van der Waals surface area contributed by atoms with Gasteiger partial charge in [0.2, 0.25) is 0 Å².